The Morgan fingerprint density at radius 3 is 2.56 bits per heavy atom. The van der Waals surface area contributed by atoms with Crippen molar-refractivity contribution in [2.24, 2.45) is 0 Å². The topological polar surface area (TPSA) is 50.3 Å². The van der Waals surface area contributed by atoms with Gasteiger partial charge in [-0.3, -0.25) is 0 Å². The average molecular weight is 357 g/mol. The fourth-order valence-electron chi connectivity index (χ4n) is 2.78. The molecule has 0 radical (unpaired) electrons. The first-order valence-electron chi connectivity index (χ1n) is 8.28. The average Bonchev–Trinajstić information content (AvgIpc) is 2.63. The summed E-state index contributed by atoms with van der Waals surface area (Å²) < 4.78 is 5.39. The molecule has 0 aliphatic heterocycles. The maximum Gasteiger partial charge on any atom is 0.229 e. The summed E-state index contributed by atoms with van der Waals surface area (Å²) in [5, 5.41) is 4.90. The molecule has 0 amide bonds. The minimum absolute atomic E-state index is 0.515. The number of para-hydroxylation sites is 1. The van der Waals surface area contributed by atoms with Gasteiger partial charge in [-0.05, 0) is 44.2 Å². The van der Waals surface area contributed by atoms with Gasteiger partial charge in [0.1, 0.15) is 11.6 Å². The lowest BCUT2D eigenvalue weighted by molar-refractivity contribution is 0.417. The highest BCUT2D eigenvalue weighted by Gasteiger charge is 2.13. The van der Waals surface area contributed by atoms with Gasteiger partial charge in [-0.25, -0.2) is 4.98 Å². The molecule has 1 heterocycles. The van der Waals surface area contributed by atoms with Gasteiger partial charge >= 0.3 is 0 Å². The molecule has 130 valence electrons. The molecular weight excluding hydrogens is 336 g/mol. The fourth-order valence-corrected chi connectivity index (χ4v) is 2.95. The van der Waals surface area contributed by atoms with Gasteiger partial charge in [-0.15, -0.1) is 0 Å². The van der Waals surface area contributed by atoms with Crippen molar-refractivity contribution in [2.45, 2.75) is 13.8 Å². The predicted octanol–water partition coefficient (Wildman–Crippen LogP) is 4.88. The van der Waals surface area contributed by atoms with Crippen molar-refractivity contribution in [3.05, 3.63) is 47.5 Å². The number of benzene rings is 2. The van der Waals surface area contributed by atoms with E-state index in [4.69, 9.17) is 21.3 Å². The second-order valence-electron chi connectivity index (χ2n) is 5.53. The Morgan fingerprint density at radius 2 is 1.84 bits per heavy atom. The number of aromatic nitrogens is 2. The number of fused-ring (bicyclic) bond motifs is 1. The van der Waals surface area contributed by atoms with Crippen LogP contribution in [0.25, 0.3) is 10.9 Å². The molecule has 0 bridgehead atoms. The van der Waals surface area contributed by atoms with Gasteiger partial charge < -0.3 is 15.0 Å². The highest BCUT2D eigenvalue weighted by molar-refractivity contribution is 6.31. The molecule has 2 aromatic carbocycles. The van der Waals surface area contributed by atoms with E-state index >= 15 is 0 Å². The molecule has 0 saturated heterocycles. The third-order valence-electron chi connectivity index (χ3n) is 4.05. The summed E-state index contributed by atoms with van der Waals surface area (Å²) in [5.74, 6) is 2.12. The largest absolute Gasteiger partial charge is 0.495 e. The van der Waals surface area contributed by atoms with E-state index in [-0.39, 0.29) is 0 Å². The van der Waals surface area contributed by atoms with Crippen LogP contribution in [0.15, 0.2) is 42.5 Å². The molecule has 0 aliphatic rings. The van der Waals surface area contributed by atoms with Gasteiger partial charge in [0.25, 0.3) is 0 Å². The summed E-state index contributed by atoms with van der Waals surface area (Å²) in [6.45, 7) is 5.98. The van der Waals surface area contributed by atoms with E-state index in [9.17, 15) is 0 Å². The Kier molecular flexibility index (Phi) is 5.24. The minimum atomic E-state index is 0.515. The monoisotopic (exact) mass is 356 g/mol. The van der Waals surface area contributed by atoms with Gasteiger partial charge in [0.05, 0.1) is 18.3 Å². The Labute approximate surface area is 152 Å². The lowest BCUT2D eigenvalue weighted by Crippen LogP contribution is -2.23. The zero-order valence-corrected chi connectivity index (χ0v) is 15.3. The first kappa shape index (κ1) is 17.3. The molecule has 0 fully saturated rings. The second kappa shape index (κ2) is 7.57. The van der Waals surface area contributed by atoms with E-state index in [1.165, 1.54) is 0 Å². The number of halogens is 1. The molecule has 0 saturated carbocycles. The van der Waals surface area contributed by atoms with E-state index in [0.29, 0.717) is 16.7 Å². The normalized spacial score (nSPS) is 10.7. The fraction of sp³-hybridized carbons (Fsp3) is 0.263. The number of ether oxygens (including phenoxy) is 1. The van der Waals surface area contributed by atoms with Crippen LogP contribution in [0.2, 0.25) is 5.02 Å². The van der Waals surface area contributed by atoms with E-state index in [2.05, 4.69) is 29.0 Å². The summed E-state index contributed by atoms with van der Waals surface area (Å²) in [4.78, 5) is 11.6. The number of methoxy groups -OCH3 is 1. The summed E-state index contributed by atoms with van der Waals surface area (Å²) in [6.07, 6.45) is 0. The van der Waals surface area contributed by atoms with Crippen LogP contribution < -0.4 is 15.0 Å². The zero-order chi connectivity index (χ0) is 17.8. The van der Waals surface area contributed by atoms with Crippen molar-refractivity contribution in [1.29, 1.82) is 0 Å². The van der Waals surface area contributed by atoms with E-state index in [0.717, 1.165) is 35.5 Å². The number of nitrogens with zero attached hydrogens (tertiary/aromatic N) is 3. The summed E-state index contributed by atoms with van der Waals surface area (Å²) >= 11 is 6.12. The Hall–Kier alpha value is -2.53. The van der Waals surface area contributed by atoms with E-state index < -0.39 is 0 Å². The Bertz CT molecular complexity index is 880. The predicted molar refractivity (Wildman–Crippen MR) is 104 cm³/mol. The van der Waals surface area contributed by atoms with Crippen molar-refractivity contribution in [3.63, 3.8) is 0 Å². The maximum atomic E-state index is 6.12. The van der Waals surface area contributed by atoms with Crippen LogP contribution in [-0.2, 0) is 0 Å². The summed E-state index contributed by atoms with van der Waals surface area (Å²) in [5.41, 5.74) is 1.62. The number of hydrogen-bond acceptors (Lipinski definition) is 5. The molecule has 1 aromatic heterocycles. The van der Waals surface area contributed by atoms with Gasteiger partial charge in [-0.1, -0.05) is 23.7 Å². The molecule has 3 aromatic rings. The van der Waals surface area contributed by atoms with Crippen LogP contribution in [0, 0.1) is 0 Å². The number of nitrogens with one attached hydrogen (secondary N) is 1. The first-order valence-corrected chi connectivity index (χ1v) is 8.66. The van der Waals surface area contributed by atoms with Gasteiger partial charge in [-0.2, -0.15) is 4.98 Å². The maximum absolute atomic E-state index is 6.12. The molecule has 25 heavy (non-hydrogen) atoms. The standard InChI is InChI=1S/C19H21ClN4O/c1-4-24(5-2)18-14-8-6-7-9-15(14)21-19(23-18)22-16-12-13(20)10-11-17(16)25-3/h6-12H,4-5H2,1-3H3,(H,21,22,23). The van der Waals surface area contributed by atoms with Crippen LogP contribution >= 0.6 is 11.6 Å². The highest BCUT2D eigenvalue weighted by atomic mass is 35.5. The van der Waals surface area contributed by atoms with Crippen molar-refractivity contribution in [1.82, 2.24) is 9.97 Å². The lowest BCUT2D eigenvalue weighted by Gasteiger charge is -2.22. The van der Waals surface area contributed by atoms with Crippen LogP contribution in [0.4, 0.5) is 17.5 Å². The molecule has 5 nitrogen and oxygen atoms in total. The van der Waals surface area contributed by atoms with Crippen LogP contribution in [-0.4, -0.2) is 30.2 Å². The summed E-state index contributed by atoms with van der Waals surface area (Å²) in [7, 11) is 1.62. The first-order chi connectivity index (χ1) is 12.2. The third-order valence-corrected chi connectivity index (χ3v) is 4.29. The van der Waals surface area contributed by atoms with Gasteiger partial charge in [0.15, 0.2) is 0 Å². The molecule has 6 heteroatoms. The molecule has 0 atom stereocenters. The number of rotatable bonds is 6. The number of anilines is 3. The highest BCUT2D eigenvalue weighted by Crippen LogP contribution is 2.31. The third kappa shape index (κ3) is 3.61. The van der Waals surface area contributed by atoms with Gasteiger partial charge in [0.2, 0.25) is 5.95 Å². The quantitative estimate of drug-likeness (QED) is 0.682. The number of hydrogen-bond donors (Lipinski definition) is 1. The zero-order valence-electron chi connectivity index (χ0n) is 14.6. The SMILES string of the molecule is CCN(CC)c1nc(Nc2cc(Cl)ccc2OC)nc2ccccc12. The van der Waals surface area contributed by atoms with Gasteiger partial charge in [0, 0.05) is 23.5 Å². The molecule has 0 aliphatic carbocycles. The van der Waals surface area contributed by atoms with E-state index in [1.54, 1.807) is 19.2 Å². The smallest absolute Gasteiger partial charge is 0.229 e. The van der Waals surface area contributed by atoms with Crippen molar-refractivity contribution in [2.75, 3.05) is 30.4 Å². The van der Waals surface area contributed by atoms with Crippen LogP contribution in [0.5, 0.6) is 5.75 Å². The van der Waals surface area contributed by atoms with Crippen LogP contribution in [0.3, 0.4) is 0 Å². The Balaban J connectivity index is 2.10. The molecule has 3 rings (SSSR count). The Morgan fingerprint density at radius 1 is 1.08 bits per heavy atom. The van der Waals surface area contributed by atoms with Crippen molar-refractivity contribution < 1.29 is 4.74 Å². The lowest BCUT2D eigenvalue weighted by atomic mass is 10.2. The minimum Gasteiger partial charge on any atom is -0.495 e. The molecule has 0 spiro atoms. The molecule has 0 unspecified atom stereocenters. The second-order valence-corrected chi connectivity index (χ2v) is 5.97. The van der Waals surface area contributed by atoms with Crippen molar-refractivity contribution >= 4 is 40.0 Å². The van der Waals surface area contributed by atoms with E-state index in [1.807, 2.05) is 30.3 Å². The van der Waals surface area contributed by atoms with Crippen LogP contribution in [0.1, 0.15) is 13.8 Å². The molecular formula is C19H21ClN4O. The van der Waals surface area contributed by atoms with Crippen molar-refractivity contribution in [3.8, 4) is 5.75 Å². The molecule has 1 N–H and O–H groups in total. The summed E-state index contributed by atoms with van der Waals surface area (Å²) in [6, 6.07) is 13.4.